The maximum absolute atomic E-state index is 13.7. The van der Waals surface area contributed by atoms with E-state index in [0.29, 0.717) is 34.7 Å². The lowest BCUT2D eigenvalue weighted by Gasteiger charge is -2.30. The SMILES string of the molecule is O=C(NCCc1ccccc1)c1ccc(/C=C2\Oc3ccccc3N(Cc3cccc(F)c3)C2=O)cc1. The van der Waals surface area contributed by atoms with Gasteiger partial charge in [0.15, 0.2) is 11.5 Å². The van der Waals surface area contributed by atoms with Gasteiger partial charge in [-0.25, -0.2) is 4.39 Å². The molecule has 0 bridgehead atoms. The zero-order valence-electron chi connectivity index (χ0n) is 20.1. The number of nitrogens with zero attached hydrogens (tertiary/aromatic N) is 1. The van der Waals surface area contributed by atoms with E-state index in [1.165, 1.54) is 12.1 Å². The van der Waals surface area contributed by atoms with Crippen LogP contribution >= 0.6 is 0 Å². The molecule has 6 heteroatoms. The standard InChI is InChI=1S/C31H25FN2O3/c32-26-10-6-9-24(19-26)21-34-27-11-4-5-12-28(27)37-29(31(34)36)20-23-13-15-25(16-14-23)30(35)33-18-17-22-7-2-1-3-8-22/h1-16,19-20H,17-18,21H2,(H,33,35)/b29-20-. The summed E-state index contributed by atoms with van der Waals surface area (Å²) in [5.41, 5.74) is 3.71. The van der Waals surface area contributed by atoms with Crippen LogP contribution in [0.1, 0.15) is 27.0 Å². The second kappa shape index (κ2) is 10.9. The number of carbonyl (C=O) groups is 2. The summed E-state index contributed by atoms with van der Waals surface area (Å²) in [7, 11) is 0. The third-order valence-corrected chi connectivity index (χ3v) is 6.07. The van der Waals surface area contributed by atoms with Crippen molar-refractivity contribution in [3.63, 3.8) is 0 Å². The highest BCUT2D eigenvalue weighted by Gasteiger charge is 2.30. The highest BCUT2D eigenvalue weighted by molar-refractivity contribution is 6.09. The van der Waals surface area contributed by atoms with Crippen molar-refractivity contribution in [2.75, 3.05) is 11.4 Å². The third-order valence-electron chi connectivity index (χ3n) is 6.07. The minimum absolute atomic E-state index is 0.148. The zero-order valence-corrected chi connectivity index (χ0v) is 20.1. The van der Waals surface area contributed by atoms with Crippen molar-refractivity contribution in [2.45, 2.75) is 13.0 Å². The number of benzene rings is 4. The number of para-hydroxylation sites is 2. The molecule has 1 aliphatic rings. The van der Waals surface area contributed by atoms with Gasteiger partial charge < -0.3 is 10.1 Å². The number of fused-ring (bicyclic) bond motifs is 1. The summed E-state index contributed by atoms with van der Waals surface area (Å²) in [6, 6.07) is 30.4. The molecule has 0 unspecified atom stereocenters. The molecule has 0 spiro atoms. The number of hydrogen-bond donors (Lipinski definition) is 1. The fourth-order valence-corrected chi connectivity index (χ4v) is 4.19. The van der Waals surface area contributed by atoms with Gasteiger partial charge in [-0.2, -0.15) is 0 Å². The smallest absolute Gasteiger partial charge is 0.294 e. The Morgan fingerprint density at radius 1 is 0.865 bits per heavy atom. The molecule has 0 atom stereocenters. The summed E-state index contributed by atoms with van der Waals surface area (Å²) < 4.78 is 19.7. The summed E-state index contributed by atoms with van der Waals surface area (Å²) >= 11 is 0. The molecule has 184 valence electrons. The van der Waals surface area contributed by atoms with Crippen LogP contribution in [-0.2, 0) is 17.8 Å². The number of carbonyl (C=O) groups excluding carboxylic acids is 2. The van der Waals surface area contributed by atoms with Gasteiger partial charge in [-0.15, -0.1) is 0 Å². The van der Waals surface area contributed by atoms with Crippen LogP contribution < -0.4 is 15.0 Å². The number of rotatable bonds is 7. The third kappa shape index (κ3) is 5.76. The molecule has 0 saturated heterocycles. The first kappa shape index (κ1) is 24.0. The van der Waals surface area contributed by atoms with Gasteiger partial charge in [0.1, 0.15) is 5.82 Å². The van der Waals surface area contributed by atoms with Gasteiger partial charge in [-0.05, 0) is 65.6 Å². The number of hydrogen-bond acceptors (Lipinski definition) is 3. The second-order valence-corrected chi connectivity index (χ2v) is 8.71. The number of nitrogens with one attached hydrogen (secondary N) is 1. The van der Waals surface area contributed by atoms with E-state index >= 15 is 0 Å². The van der Waals surface area contributed by atoms with Crippen LogP contribution in [0.2, 0.25) is 0 Å². The fraction of sp³-hybridized carbons (Fsp3) is 0.0968. The van der Waals surface area contributed by atoms with Crippen molar-refractivity contribution in [2.24, 2.45) is 0 Å². The van der Waals surface area contributed by atoms with Crippen LogP contribution in [0.25, 0.3) is 6.08 Å². The Bertz CT molecular complexity index is 1450. The predicted octanol–water partition coefficient (Wildman–Crippen LogP) is 5.76. The maximum atomic E-state index is 13.7. The highest BCUT2D eigenvalue weighted by atomic mass is 19.1. The first-order chi connectivity index (χ1) is 18.1. The topological polar surface area (TPSA) is 58.6 Å². The van der Waals surface area contributed by atoms with Crippen molar-refractivity contribution in [1.29, 1.82) is 0 Å². The van der Waals surface area contributed by atoms with Gasteiger partial charge >= 0.3 is 0 Å². The van der Waals surface area contributed by atoms with E-state index in [9.17, 15) is 14.0 Å². The molecule has 0 saturated carbocycles. The maximum Gasteiger partial charge on any atom is 0.294 e. The van der Waals surface area contributed by atoms with E-state index < -0.39 is 0 Å². The van der Waals surface area contributed by atoms with E-state index in [1.807, 2.05) is 42.5 Å². The molecule has 0 aliphatic carbocycles. The Hall–Kier alpha value is -4.71. The summed E-state index contributed by atoms with van der Waals surface area (Å²) in [6.45, 7) is 0.744. The van der Waals surface area contributed by atoms with Gasteiger partial charge in [-0.3, -0.25) is 14.5 Å². The molecule has 5 nitrogen and oxygen atoms in total. The Balaban J connectivity index is 1.30. The summed E-state index contributed by atoms with van der Waals surface area (Å²) in [5, 5.41) is 2.93. The van der Waals surface area contributed by atoms with Crippen LogP contribution in [0.5, 0.6) is 5.75 Å². The number of amides is 2. The molecule has 1 N–H and O–H groups in total. The lowest BCUT2D eigenvalue weighted by atomic mass is 10.1. The predicted molar refractivity (Wildman–Crippen MR) is 142 cm³/mol. The minimum atomic E-state index is -0.355. The van der Waals surface area contributed by atoms with Gasteiger partial charge in [-0.1, -0.05) is 66.7 Å². The first-order valence-electron chi connectivity index (χ1n) is 12.0. The molecular weight excluding hydrogens is 467 g/mol. The van der Waals surface area contributed by atoms with Gasteiger partial charge in [0.05, 0.1) is 12.2 Å². The first-order valence-corrected chi connectivity index (χ1v) is 12.0. The lowest BCUT2D eigenvalue weighted by Crippen LogP contribution is -2.36. The van der Waals surface area contributed by atoms with Crippen LogP contribution in [0.4, 0.5) is 10.1 Å². The number of ether oxygens (including phenoxy) is 1. The van der Waals surface area contributed by atoms with E-state index in [2.05, 4.69) is 5.32 Å². The van der Waals surface area contributed by atoms with Crippen molar-refractivity contribution < 1.29 is 18.7 Å². The average molecular weight is 493 g/mol. The van der Waals surface area contributed by atoms with E-state index in [-0.39, 0.29) is 29.9 Å². The van der Waals surface area contributed by atoms with Gasteiger partial charge in [0.25, 0.3) is 11.8 Å². The van der Waals surface area contributed by atoms with Crippen molar-refractivity contribution >= 4 is 23.6 Å². The van der Waals surface area contributed by atoms with E-state index in [4.69, 9.17) is 4.74 Å². The molecular formula is C31H25FN2O3. The van der Waals surface area contributed by atoms with Gasteiger partial charge in [0, 0.05) is 12.1 Å². The number of anilines is 1. The summed E-state index contributed by atoms with van der Waals surface area (Å²) in [5.74, 6) is -0.151. The van der Waals surface area contributed by atoms with E-state index in [0.717, 1.165) is 12.0 Å². The van der Waals surface area contributed by atoms with Crippen LogP contribution in [-0.4, -0.2) is 18.4 Å². The van der Waals surface area contributed by atoms with E-state index in [1.54, 1.807) is 59.5 Å². The lowest BCUT2D eigenvalue weighted by molar-refractivity contribution is -0.117. The minimum Gasteiger partial charge on any atom is -0.449 e. The Kier molecular flexibility index (Phi) is 7.08. The van der Waals surface area contributed by atoms with Crippen molar-refractivity contribution in [3.05, 3.63) is 137 Å². The molecule has 0 aromatic heterocycles. The Morgan fingerprint density at radius 2 is 1.59 bits per heavy atom. The van der Waals surface area contributed by atoms with Crippen LogP contribution in [0, 0.1) is 5.82 Å². The average Bonchev–Trinajstić information content (AvgIpc) is 2.92. The van der Waals surface area contributed by atoms with Crippen molar-refractivity contribution in [3.8, 4) is 5.75 Å². The van der Waals surface area contributed by atoms with Gasteiger partial charge in [0.2, 0.25) is 0 Å². The molecule has 1 aliphatic heterocycles. The molecule has 0 fully saturated rings. The molecule has 2 amide bonds. The molecule has 4 aromatic rings. The Labute approximate surface area is 214 Å². The quantitative estimate of drug-likeness (QED) is 0.334. The molecule has 0 radical (unpaired) electrons. The van der Waals surface area contributed by atoms with Crippen LogP contribution in [0.3, 0.4) is 0 Å². The molecule has 4 aromatic carbocycles. The zero-order chi connectivity index (χ0) is 25.6. The van der Waals surface area contributed by atoms with Crippen LogP contribution in [0.15, 0.2) is 109 Å². The molecule has 5 rings (SSSR count). The molecule has 1 heterocycles. The normalized spacial score (nSPS) is 13.7. The Morgan fingerprint density at radius 3 is 2.38 bits per heavy atom. The highest BCUT2D eigenvalue weighted by Crippen LogP contribution is 2.36. The number of halogens is 1. The fourth-order valence-electron chi connectivity index (χ4n) is 4.19. The summed E-state index contributed by atoms with van der Waals surface area (Å²) in [6.07, 6.45) is 2.40. The largest absolute Gasteiger partial charge is 0.449 e. The molecule has 37 heavy (non-hydrogen) atoms. The van der Waals surface area contributed by atoms with Crippen molar-refractivity contribution in [1.82, 2.24) is 5.32 Å². The summed E-state index contributed by atoms with van der Waals surface area (Å²) in [4.78, 5) is 27.5. The monoisotopic (exact) mass is 492 g/mol. The second-order valence-electron chi connectivity index (χ2n) is 8.71.